The predicted molar refractivity (Wildman–Crippen MR) is 109 cm³/mol. The highest BCUT2D eigenvalue weighted by molar-refractivity contribution is 6.30. The van der Waals surface area contributed by atoms with Crippen LogP contribution in [0.5, 0.6) is 6.01 Å². The number of aromatic nitrogens is 3. The number of ether oxygens (including phenoxy) is 1. The molecular weight excluding hydrogens is 435 g/mol. The van der Waals surface area contributed by atoms with Gasteiger partial charge >= 0.3 is 6.01 Å². The van der Waals surface area contributed by atoms with Gasteiger partial charge in [0.1, 0.15) is 36.4 Å². The number of pyridine rings is 1. The normalized spacial score (nSPS) is 31.4. The van der Waals surface area contributed by atoms with Crippen molar-refractivity contribution in [2.24, 2.45) is 0 Å². The second-order valence-electron chi connectivity index (χ2n) is 8.64. The van der Waals surface area contributed by atoms with Gasteiger partial charge < -0.3 is 14.7 Å². The van der Waals surface area contributed by atoms with E-state index in [1.165, 1.54) is 6.20 Å². The van der Waals surface area contributed by atoms with E-state index in [-0.39, 0.29) is 42.8 Å². The average Bonchev–Trinajstić information content (AvgIpc) is 3.26. The third-order valence-corrected chi connectivity index (χ3v) is 6.89. The Hall–Kier alpha value is -1.91. The molecule has 0 aromatic carbocycles. The lowest BCUT2D eigenvalue weighted by atomic mass is 9.95. The van der Waals surface area contributed by atoms with Crippen LogP contribution in [0.2, 0.25) is 5.15 Å². The average molecular weight is 458 g/mol. The van der Waals surface area contributed by atoms with E-state index in [0.29, 0.717) is 24.2 Å². The number of anilines is 1. The lowest BCUT2D eigenvalue weighted by Crippen LogP contribution is -2.45. The van der Waals surface area contributed by atoms with E-state index < -0.39 is 29.8 Å². The summed E-state index contributed by atoms with van der Waals surface area (Å²) in [6, 6.07) is -0.0657. The molecule has 3 fully saturated rings. The zero-order valence-electron chi connectivity index (χ0n) is 16.8. The van der Waals surface area contributed by atoms with Crippen molar-refractivity contribution in [3.63, 3.8) is 0 Å². The third kappa shape index (κ3) is 3.68. The third-order valence-electron chi connectivity index (χ3n) is 6.63. The minimum atomic E-state index is -1.33. The first kappa shape index (κ1) is 21.0. The van der Waals surface area contributed by atoms with Crippen molar-refractivity contribution >= 4 is 28.3 Å². The quantitative estimate of drug-likeness (QED) is 0.707. The summed E-state index contributed by atoms with van der Waals surface area (Å²) < 4.78 is 48.4. The second-order valence-corrected chi connectivity index (χ2v) is 9.00. The van der Waals surface area contributed by atoms with Crippen LogP contribution in [0.1, 0.15) is 25.7 Å². The summed E-state index contributed by atoms with van der Waals surface area (Å²) in [6.45, 7) is 1.68. The molecule has 168 valence electrons. The number of alkyl halides is 2. The van der Waals surface area contributed by atoms with E-state index >= 15 is 0 Å². The Labute approximate surface area is 182 Å². The van der Waals surface area contributed by atoms with Gasteiger partial charge in [0.15, 0.2) is 11.0 Å². The fourth-order valence-corrected chi connectivity index (χ4v) is 5.19. The summed E-state index contributed by atoms with van der Waals surface area (Å²) in [5.74, 6) is -0.511. The number of rotatable bonds is 4. The molecule has 0 spiro atoms. The highest BCUT2D eigenvalue weighted by atomic mass is 35.5. The summed E-state index contributed by atoms with van der Waals surface area (Å²) in [5.41, 5.74) is -0.470. The number of hydrogen-bond donors (Lipinski definition) is 1. The molecule has 5 rings (SSSR count). The summed E-state index contributed by atoms with van der Waals surface area (Å²) in [7, 11) is 0. The van der Waals surface area contributed by atoms with Gasteiger partial charge in [0.25, 0.3) is 0 Å². The molecule has 0 aliphatic carbocycles. The maximum atomic E-state index is 14.7. The van der Waals surface area contributed by atoms with Gasteiger partial charge in [-0.1, -0.05) is 11.6 Å². The van der Waals surface area contributed by atoms with Crippen molar-refractivity contribution in [2.75, 3.05) is 37.7 Å². The van der Waals surface area contributed by atoms with Crippen molar-refractivity contribution in [2.45, 2.75) is 49.7 Å². The summed E-state index contributed by atoms with van der Waals surface area (Å²) >= 11 is 5.85. The topological polar surface area (TPSA) is 74.6 Å². The van der Waals surface area contributed by atoms with E-state index in [1.807, 2.05) is 0 Å². The van der Waals surface area contributed by atoms with Crippen LogP contribution in [0.25, 0.3) is 10.9 Å². The monoisotopic (exact) mass is 457 g/mol. The van der Waals surface area contributed by atoms with Crippen molar-refractivity contribution in [1.82, 2.24) is 19.9 Å². The van der Waals surface area contributed by atoms with Crippen molar-refractivity contribution < 1.29 is 23.0 Å². The van der Waals surface area contributed by atoms with Crippen LogP contribution >= 0.6 is 11.6 Å². The maximum Gasteiger partial charge on any atom is 0.319 e. The van der Waals surface area contributed by atoms with Crippen LogP contribution in [0, 0.1) is 5.82 Å². The van der Waals surface area contributed by atoms with Crippen LogP contribution in [0.15, 0.2) is 6.20 Å². The molecular formula is C20H23ClF3N5O2. The number of nitrogens with zero attached hydrogens (tertiary/aromatic N) is 5. The first-order valence-corrected chi connectivity index (χ1v) is 10.8. The molecule has 0 radical (unpaired) electrons. The van der Waals surface area contributed by atoms with Gasteiger partial charge in [-0.3, -0.25) is 4.90 Å². The molecule has 4 atom stereocenters. The highest BCUT2D eigenvalue weighted by Gasteiger charge is 2.49. The highest BCUT2D eigenvalue weighted by Crippen LogP contribution is 2.40. The number of aliphatic hydroxyl groups excluding tert-OH is 1. The Bertz CT molecular complexity index is 1000. The molecule has 0 saturated carbocycles. The molecule has 3 aliphatic heterocycles. The van der Waals surface area contributed by atoms with E-state index in [0.717, 1.165) is 19.4 Å². The van der Waals surface area contributed by atoms with Crippen LogP contribution < -0.4 is 9.64 Å². The second kappa shape index (κ2) is 7.90. The molecule has 3 aliphatic rings. The van der Waals surface area contributed by atoms with Gasteiger partial charge in [-0.25, -0.2) is 18.2 Å². The molecule has 11 heteroatoms. The lowest BCUT2D eigenvalue weighted by Gasteiger charge is -2.34. The lowest BCUT2D eigenvalue weighted by molar-refractivity contribution is 0.0642. The van der Waals surface area contributed by atoms with E-state index in [4.69, 9.17) is 16.3 Å². The summed E-state index contributed by atoms with van der Waals surface area (Å²) in [6.07, 6.45) is 0.223. The van der Waals surface area contributed by atoms with Gasteiger partial charge in [-0.15, -0.1) is 0 Å². The molecule has 0 bridgehead atoms. The van der Waals surface area contributed by atoms with Gasteiger partial charge in [0.05, 0.1) is 10.9 Å². The van der Waals surface area contributed by atoms with E-state index in [1.54, 1.807) is 4.90 Å². The molecule has 2 aromatic heterocycles. The van der Waals surface area contributed by atoms with Gasteiger partial charge in [-0.2, -0.15) is 9.97 Å². The van der Waals surface area contributed by atoms with E-state index in [2.05, 4.69) is 19.9 Å². The SMILES string of the molecule is O[C@H]1CN(c2nc(OC[C@@]34CCCN3C[C@H](F)C4)nc3c(F)c(Cl)ncc23)CC[C@H]1F. The zero-order chi connectivity index (χ0) is 21.8. The molecule has 5 heterocycles. The van der Waals surface area contributed by atoms with Crippen LogP contribution in [0.4, 0.5) is 19.0 Å². The minimum Gasteiger partial charge on any atom is -0.461 e. The number of β-amino-alcohol motifs (C(OH)–C–C–N with tert-alkyl or cyclic N) is 1. The maximum absolute atomic E-state index is 14.7. The van der Waals surface area contributed by atoms with Gasteiger partial charge in [0.2, 0.25) is 0 Å². The van der Waals surface area contributed by atoms with Crippen molar-refractivity contribution in [3.05, 3.63) is 17.2 Å². The first-order chi connectivity index (χ1) is 14.9. The van der Waals surface area contributed by atoms with Crippen molar-refractivity contribution in [1.29, 1.82) is 0 Å². The smallest absolute Gasteiger partial charge is 0.319 e. The van der Waals surface area contributed by atoms with Crippen LogP contribution in [0.3, 0.4) is 0 Å². The number of piperidine rings is 1. The zero-order valence-corrected chi connectivity index (χ0v) is 17.5. The fourth-order valence-electron chi connectivity index (χ4n) is 5.05. The standard InChI is InChI=1S/C20H23ClF3N5O2/c21-17-15(24)16-12(7-25-17)18(28-5-2-13(23)14(30)9-28)27-19(26-16)31-10-20-3-1-4-29(20)8-11(22)6-20/h7,11,13-14,30H,1-6,8-10H2/t11-,13-,14+,20+/m1/s1. The predicted octanol–water partition coefficient (Wildman–Crippen LogP) is 2.68. The summed E-state index contributed by atoms with van der Waals surface area (Å²) in [4.78, 5) is 16.3. The number of aliphatic hydroxyl groups is 1. The minimum absolute atomic E-state index is 0.00177. The Morgan fingerprint density at radius 1 is 1.26 bits per heavy atom. The molecule has 0 amide bonds. The van der Waals surface area contributed by atoms with Gasteiger partial charge in [-0.05, 0) is 25.8 Å². The molecule has 31 heavy (non-hydrogen) atoms. The number of fused-ring (bicyclic) bond motifs is 2. The largest absolute Gasteiger partial charge is 0.461 e. The fraction of sp³-hybridized carbons (Fsp3) is 0.650. The summed E-state index contributed by atoms with van der Waals surface area (Å²) in [5, 5.41) is 9.94. The van der Waals surface area contributed by atoms with Crippen molar-refractivity contribution in [3.8, 4) is 6.01 Å². The Balaban J connectivity index is 1.49. The Morgan fingerprint density at radius 3 is 2.90 bits per heavy atom. The molecule has 2 aromatic rings. The number of hydrogen-bond acceptors (Lipinski definition) is 7. The van der Waals surface area contributed by atoms with Crippen LogP contribution in [-0.4, -0.2) is 81.7 Å². The Morgan fingerprint density at radius 2 is 2.10 bits per heavy atom. The van der Waals surface area contributed by atoms with Crippen LogP contribution in [-0.2, 0) is 0 Å². The first-order valence-electron chi connectivity index (χ1n) is 10.5. The molecule has 0 unspecified atom stereocenters. The molecule has 3 saturated heterocycles. The van der Waals surface area contributed by atoms with E-state index in [9.17, 15) is 18.3 Å². The van der Waals surface area contributed by atoms with Gasteiger partial charge in [0, 0.05) is 32.3 Å². The Kier molecular flexibility index (Phi) is 5.34. The molecule has 7 nitrogen and oxygen atoms in total. The number of halogens is 4. The molecule has 1 N–H and O–H groups in total.